The molecule has 4 nitrogen and oxygen atoms in total. The van der Waals surface area contributed by atoms with Gasteiger partial charge in [-0.2, -0.15) is 0 Å². The molecular weight excluding hydrogens is 353 g/mol. The fraction of sp³-hybridized carbons (Fsp3) is 0.435. The minimum Gasteiger partial charge on any atom is -0.338 e. The lowest BCUT2D eigenvalue weighted by Crippen LogP contribution is -2.51. The summed E-state index contributed by atoms with van der Waals surface area (Å²) < 4.78 is 13.3. The van der Waals surface area contributed by atoms with Crippen LogP contribution in [0, 0.1) is 5.82 Å². The molecule has 1 aliphatic heterocycles. The smallest absolute Gasteiger partial charge is 0.244 e. The molecule has 1 unspecified atom stereocenters. The van der Waals surface area contributed by atoms with Crippen molar-refractivity contribution in [3.8, 4) is 0 Å². The Hall–Kier alpha value is -2.24. The Morgan fingerprint density at radius 3 is 2.39 bits per heavy atom. The first-order chi connectivity index (χ1) is 13.5. The van der Waals surface area contributed by atoms with Crippen LogP contribution in [-0.2, 0) is 11.2 Å². The van der Waals surface area contributed by atoms with Crippen molar-refractivity contribution in [1.29, 1.82) is 0 Å². The summed E-state index contributed by atoms with van der Waals surface area (Å²) in [4.78, 5) is 19.5. The van der Waals surface area contributed by atoms with Gasteiger partial charge in [-0.25, -0.2) is 4.39 Å². The van der Waals surface area contributed by atoms with Crippen LogP contribution in [0.4, 0.5) is 4.39 Å². The maximum Gasteiger partial charge on any atom is 0.244 e. The average Bonchev–Trinajstić information content (AvgIpc) is 2.69. The van der Waals surface area contributed by atoms with E-state index in [-0.39, 0.29) is 17.8 Å². The number of hydrogen-bond acceptors (Lipinski definition) is 3. The highest BCUT2D eigenvalue weighted by Gasteiger charge is 2.29. The molecule has 0 saturated carbocycles. The van der Waals surface area contributed by atoms with Gasteiger partial charge in [-0.3, -0.25) is 14.6 Å². The first-order valence-electron chi connectivity index (χ1n) is 10.0. The van der Waals surface area contributed by atoms with Crippen molar-refractivity contribution < 1.29 is 9.18 Å². The normalized spacial score (nSPS) is 16.4. The Balaban J connectivity index is 1.48. The van der Waals surface area contributed by atoms with Gasteiger partial charge in [0, 0.05) is 26.2 Å². The molecule has 0 aliphatic carbocycles. The van der Waals surface area contributed by atoms with Crippen molar-refractivity contribution in [2.75, 3.05) is 46.8 Å². The molecule has 0 N–H and O–H groups in total. The van der Waals surface area contributed by atoms with Crippen LogP contribution in [0.5, 0.6) is 0 Å². The van der Waals surface area contributed by atoms with E-state index in [9.17, 15) is 9.18 Å². The minimum atomic E-state index is -0.235. The summed E-state index contributed by atoms with van der Waals surface area (Å²) in [7, 11) is 3.91. The third-order valence-corrected chi connectivity index (χ3v) is 5.38. The predicted molar refractivity (Wildman–Crippen MR) is 111 cm³/mol. The van der Waals surface area contributed by atoms with Crippen LogP contribution in [-0.4, -0.2) is 67.4 Å². The second-order valence-electron chi connectivity index (χ2n) is 7.68. The zero-order valence-electron chi connectivity index (χ0n) is 16.9. The van der Waals surface area contributed by atoms with Crippen LogP contribution in [0.25, 0.3) is 0 Å². The third kappa shape index (κ3) is 5.40. The quantitative estimate of drug-likeness (QED) is 0.735. The van der Waals surface area contributed by atoms with Gasteiger partial charge in [-0.05, 0) is 56.7 Å². The zero-order chi connectivity index (χ0) is 19.9. The number of hydrogen-bond donors (Lipinski definition) is 0. The molecule has 2 aromatic rings. The summed E-state index contributed by atoms with van der Waals surface area (Å²) in [5.74, 6) is 0.00843. The van der Waals surface area contributed by atoms with Gasteiger partial charge in [0.25, 0.3) is 0 Å². The molecule has 1 fully saturated rings. The van der Waals surface area contributed by atoms with E-state index in [1.807, 2.05) is 60.3 Å². The largest absolute Gasteiger partial charge is 0.338 e. The second kappa shape index (κ2) is 9.80. The van der Waals surface area contributed by atoms with Crippen molar-refractivity contribution in [2.24, 2.45) is 0 Å². The summed E-state index contributed by atoms with van der Waals surface area (Å²) in [5.41, 5.74) is 2.08. The fourth-order valence-electron chi connectivity index (χ4n) is 3.86. The lowest BCUT2D eigenvalue weighted by molar-refractivity contribution is -0.138. The van der Waals surface area contributed by atoms with Crippen LogP contribution in [0.2, 0.25) is 0 Å². The highest BCUT2D eigenvalue weighted by atomic mass is 19.1. The molecule has 28 heavy (non-hydrogen) atoms. The number of likely N-dealkylation sites (N-methyl/N-ethyl adjacent to an activating group) is 1. The first kappa shape index (κ1) is 20.5. The van der Waals surface area contributed by atoms with Gasteiger partial charge in [0.2, 0.25) is 5.91 Å². The molecule has 1 heterocycles. The highest BCUT2D eigenvalue weighted by molar-refractivity contribution is 5.83. The molecule has 2 aromatic carbocycles. The predicted octanol–water partition coefficient (Wildman–Crippen LogP) is 3.21. The summed E-state index contributed by atoms with van der Waals surface area (Å²) in [5, 5.41) is 0. The fourth-order valence-corrected chi connectivity index (χ4v) is 3.86. The highest BCUT2D eigenvalue weighted by Crippen LogP contribution is 2.21. The van der Waals surface area contributed by atoms with Crippen molar-refractivity contribution >= 4 is 5.91 Å². The Morgan fingerprint density at radius 1 is 1.04 bits per heavy atom. The molecule has 0 aromatic heterocycles. The van der Waals surface area contributed by atoms with Crippen molar-refractivity contribution in [3.05, 3.63) is 71.5 Å². The standard InChI is InChI=1S/C23H30FN3O/c1-25(2)22(20-10-4-3-5-11-20)23(28)27-16-14-26(15-17-27)13-7-9-19-8-6-12-21(24)18-19/h3-6,8,10-12,18,22H,7,9,13-17H2,1-2H3. The number of amides is 1. The molecular formula is C23H30FN3O. The van der Waals surface area contributed by atoms with E-state index in [0.717, 1.165) is 56.7 Å². The van der Waals surface area contributed by atoms with Crippen LogP contribution in [0.1, 0.15) is 23.6 Å². The lowest BCUT2D eigenvalue weighted by atomic mass is 10.0. The van der Waals surface area contributed by atoms with Gasteiger partial charge in [0.1, 0.15) is 11.9 Å². The second-order valence-corrected chi connectivity index (χ2v) is 7.68. The first-order valence-corrected chi connectivity index (χ1v) is 10.0. The van der Waals surface area contributed by atoms with Gasteiger partial charge >= 0.3 is 0 Å². The summed E-state index contributed by atoms with van der Waals surface area (Å²) >= 11 is 0. The van der Waals surface area contributed by atoms with E-state index in [2.05, 4.69) is 4.90 Å². The topological polar surface area (TPSA) is 26.8 Å². The summed E-state index contributed by atoms with van der Waals surface area (Å²) in [6, 6.07) is 16.6. The molecule has 1 saturated heterocycles. The molecule has 0 spiro atoms. The van der Waals surface area contributed by atoms with E-state index in [1.165, 1.54) is 6.07 Å². The Labute approximate surface area is 167 Å². The minimum absolute atomic E-state index is 0.168. The summed E-state index contributed by atoms with van der Waals surface area (Å²) in [6.07, 6.45) is 1.88. The number of carbonyl (C=O) groups is 1. The number of carbonyl (C=O) groups excluding carboxylic acids is 1. The third-order valence-electron chi connectivity index (χ3n) is 5.38. The van der Waals surface area contributed by atoms with E-state index in [0.29, 0.717) is 0 Å². The number of aryl methyl sites for hydroxylation is 1. The average molecular weight is 384 g/mol. The van der Waals surface area contributed by atoms with Crippen LogP contribution < -0.4 is 0 Å². The Morgan fingerprint density at radius 2 is 1.75 bits per heavy atom. The van der Waals surface area contributed by atoms with Gasteiger partial charge in [-0.15, -0.1) is 0 Å². The molecule has 150 valence electrons. The van der Waals surface area contributed by atoms with Crippen LogP contribution in [0.3, 0.4) is 0 Å². The number of nitrogens with zero attached hydrogens (tertiary/aromatic N) is 3. The number of piperazine rings is 1. The van der Waals surface area contributed by atoms with E-state index < -0.39 is 0 Å². The molecule has 1 atom stereocenters. The van der Waals surface area contributed by atoms with Gasteiger partial charge in [0.15, 0.2) is 0 Å². The van der Waals surface area contributed by atoms with Crippen LogP contribution in [0.15, 0.2) is 54.6 Å². The maximum absolute atomic E-state index is 13.3. The molecule has 5 heteroatoms. The molecule has 1 amide bonds. The number of halogens is 1. The molecule has 1 aliphatic rings. The maximum atomic E-state index is 13.3. The lowest BCUT2D eigenvalue weighted by Gasteiger charge is -2.37. The Bertz CT molecular complexity index is 757. The van der Waals surface area contributed by atoms with E-state index in [1.54, 1.807) is 12.1 Å². The van der Waals surface area contributed by atoms with Crippen molar-refractivity contribution in [1.82, 2.24) is 14.7 Å². The van der Waals surface area contributed by atoms with Gasteiger partial charge in [-0.1, -0.05) is 42.5 Å². The van der Waals surface area contributed by atoms with Crippen LogP contribution >= 0.6 is 0 Å². The number of benzene rings is 2. The summed E-state index contributed by atoms with van der Waals surface area (Å²) in [6.45, 7) is 4.29. The van der Waals surface area contributed by atoms with Crippen molar-refractivity contribution in [3.63, 3.8) is 0 Å². The van der Waals surface area contributed by atoms with Gasteiger partial charge < -0.3 is 4.90 Å². The Kier molecular flexibility index (Phi) is 7.18. The van der Waals surface area contributed by atoms with E-state index >= 15 is 0 Å². The van der Waals surface area contributed by atoms with Crippen molar-refractivity contribution in [2.45, 2.75) is 18.9 Å². The van der Waals surface area contributed by atoms with E-state index in [4.69, 9.17) is 0 Å². The van der Waals surface area contributed by atoms with Gasteiger partial charge in [0.05, 0.1) is 0 Å². The molecule has 0 bridgehead atoms. The number of rotatable bonds is 7. The molecule has 0 radical (unpaired) electrons. The molecule has 3 rings (SSSR count). The SMILES string of the molecule is CN(C)C(C(=O)N1CCN(CCCc2cccc(F)c2)CC1)c1ccccc1. The monoisotopic (exact) mass is 383 g/mol. The zero-order valence-corrected chi connectivity index (χ0v) is 16.9.